The van der Waals surface area contributed by atoms with E-state index in [-0.39, 0.29) is 60.4 Å². The van der Waals surface area contributed by atoms with Crippen molar-refractivity contribution in [3.8, 4) is 0 Å². The highest BCUT2D eigenvalue weighted by atomic mass is 32.2. The van der Waals surface area contributed by atoms with Crippen molar-refractivity contribution in [1.29, 1.82) is 0 Å². The Bertz CT molecular complexity index is 579. The van der Waals surface area contributed by atoms with Gasteiger partial charge in [-0.3, -0.25) is 29.8 Å². The van der Waals surface area contributed by atoms with Gasteiger partial charge in [0.15, 0.2) is 11.6 Å². The highest BCUT2D eigenvalue weighted by Gasteiger charge is 2.21. The third kappa shape index (κ3) is 13.3. The number of carbonyl (C=O) groups is 4. The van der Waals surface area contributed by atoms with Gasteiger partial charge in [-0.2, -0.15) is 25.3 Å². The minimum absolute atomic E-state index is 0.000494. The minimum atomic E-state index is -0.352. The summed E-state index contributed by atoms with van der Waals surface area (Å²) in [4.78, 5) is 45.7. The Kier molecular flexibility index (Phi) is 18.3. The van der Waals surface area contributed by atoms with Gasteiger partial charge >= 0.3 is 0 Å². The van der Waals surface area contributed by atoms with E-state index >= 15 is 0 Å². The second kappa shape index (κ2) is 18.4. The number of carbonyl (C=O) groups excluding carboxylic acids is 4. The summed E-state index contributed by atoms with van der Waals surface area (Å²) in [6.07, 6.45) is 0. The van der Waals surface area contributed by atoms with E-state index in [9.17, 15) is 19.2 Å². The molecular formula is C19H36N4O4S4. The maximum atomic E-state index is 11.8. The van der Waals surface area contributed by atoms with Crippen LogP contribution in [0.5, 0.6) is 0 Å². The second-order valence-electron chi connectivity index (χ2n) is 6.93. The molecule has 1 fully saturated rings. The smallest absolute Gasteiger partial charge is 0.164 e. The molecule has 1 rings (SSSR count). The van der Waals surface area contributed by atoms with Gasteiger partial charge in [0.25, 0.3) is 0 Å². The molecule has 0 aromatic heterocycles. The Balaban J connectivity index is 0.000000582. The van der Waals surface area contributed by atoms with Crippen molar-refractivity contribution in [2.75, 3.05) is 55.3 Å². The quantitative estimate of drug-likeness (QED) is 0.218. The molecule has 0 aromatic carbocycles. The van der Waals surface area contributed by atoms with Crippen molar-refractivity contribution in [2.45, 2.75) is 38.0 Å². The van der Waals surface area contributed by atoms with Gasteiger partial charge in [-0.05, 0) is 27.9 Å². The zero-order valence-corrected chi connectivity index (χ0v) is 22.0. The Hall–Kier alpha value is -0.0800. The molecule has 0 saturated carbocycles. The number of hydrogen-bond donors (Lipinski definition) is 6. The first kappa shape index (κ1) is 30.9. The van der Waals surface area contributed by atoms with Crippen LogP contribution in [0, 0.1) is 0 Å². The van der Waals surface area contributed by atoms with Crippen LogP contribution in [0.15, 0.2) is 0 Å². The second-order valence-corrected chi connectivity index (χ2v) is 10.1. The molecule has 180 valence electrons. The van der Waals surface area contributed by atoms with E-state index in [1.54, 1.807) is 44.5 Å². The van der Waals surface area contributed by atoms with Gasteiger partial charge in [0.05, 0.1) is 37.3 Å². The lowest BCUT2D eigenvalue weighted by Crippen LogP contribution is -2.47. The number of ketones is 4. The molecule has 1 aliphatic heterocycles. The Morgan fingerprint density at radius 2 is 1.71 bits per heavy atom. The first-order chi connectivity index (χ1) is 14.7. The maximum Gasteiger partial charge on any atom is 0.164 e. The van der Waals surface area contributed by atoms with Crippen LogP contribution in [0.4, 0.5) is 0 Å². The topological polar surface area (TPSA) is 116 Å². The lowest BCUT2D eigenvalue weighted by molar-refractivity contribution is -0.122. The van der Waals surface area contributed by atoms with Crippen molar-refractivity contribution >= 4 is 71.9 Å². The number of thiol groups is 2. The summed E-state index contributed by atoms with van der Waals surface area (Å²) in [6, 6.07) is -0.919. The lowest BCUT2D eigenvalue weighted by Gasteiger charge is -2.20. The van der Waals surface area contributed by atoms with E-state index < -0.39 is 0 Å². The van der Waals surface area contributed by atoms with Crippen molar-refractivity contribution in [3.63, 3.8) is 0 Å². The molecule has 1 heterocycles. The molecule has 1 saturated heterocycles. The predicted molar refractivity (Wildman–Crippen MR) is 138 cm³/mol. The molecule has 0 aromatic rings. The molecule has 4 atom stereocenters. The minimum Gasteiger partial charge on any atom is -0.310 e. The van der Waals surface area contributed by atoms with Gasteiger partial charge in [-0.15, -0.1) is 23.5 Å². The largest absolute Gasteiger partial charge is 0.310 e. The predicted octanol–water partition coefficient (Wildman–Crippen LogP) is -0.321. The molecule has 0 spiro atoms. The van der Waals surface area contributed by atoms with Crippen LogP contribution in [0.3, 0.4) is 0 Å². The number of hydrogen-bond acceptors (Lipinski definition) is 12. The fourth-order valence-electron chi connectivity index (χ4n) is 2.43. The van der Waals surface area contributed by atoms with Gasteiger partial charge in [0.1, 0.15) is 11.6 Å². The van der Waals surface area contributed by atoms with Crippen LogP contribution in [-0.2, 0) is 19.2 Å². The van der Waals surface area contributed by atoms with Crippen molar-refractivity contribution in [1.82, 2.24) is 21.3 Å². The normalized spacial score (nSPS) is 21.9. The molecule has 0 unspecified atom stereocenters. The molecule has 0 aliphatic carbocycles. The number of likely N-dealkylation sites (N-methyl/N-ethyl adjacent to an activating group) is 2. The van der Waals surface area contributed by atoms with Gasteiger partial charge in [0.2, 0.25) is 0 Å². The van der Waals surface area contributed by atoms with Crippen LogP contribution in [-0.4, -0.2) is 103 Å². The fourth-order valence-corrected chi connectivity index (χ4v) is 5.62. The maximum absolute atomic E-state index is 11.8. The van der Waals surface area contributed by atoms with Crippen molar-refractivity contribution in [3.05, 3.63) is 0 Å². The van der Waals surface area contributed by atoms with Crippen molar-refractivity contribution in [2.24, 2.45) is 0 Å². The van der Waals surface area contributed by atoms with E-state index in [1.165, 1.54) is 6.92 Å². The Labute approximate surface area is 205 Å². The summed E-state index contributed by atoms with van der Waals surface area (Å²) in [6.45, 7) is 3.48. The van der Waals surface area contributed by atoms with E-state index in [2.05, 4.69) is 46.5 Å². The molecule has 0 radical (unpaired) electrons. The fraction of sp³-hybridized carbons (Fsp3) is 0.789. The molecule has 8 nitrogen and oxygen atoms in total. The summed E-state index contributed by atoms with van der Waals surface area (Å²) in [7, 11) is 3.50. The van der Waals surface area contributed by atoms with Gasteiger partial charge < -0.3 is 10.6 Å². The number of Topliss-reactive ketones (excluding diaryl/α,β-unsaturated/α-hetero) is 4. The highest BCUT2D eigenvalue weighted by Crippen LogP contribution is 2.16. The van der Waals surface area contributed by atoms with Crippen LogP contribution >= 0.6 is 48.8 Å². The molecule has 1 aliphatic rings. The molecule has 0 bridgehead atoms. The summed E-state index contributed by atoms with van der Waals surface area (Å²) < 4.78 is 0. The monoisotopic (exact) mass is 512 g/mol. The summed E-state index contributed by atoms with van der Waals surface area (Å²) in [5.74, 6) is 2.62. The van der Waals surface area contributed by atoms with E-state index in [0.29, 0.717) is 11.5 Å². The Morgan fingerprint density at radius 1 is 1.10 bits per heavy atom. The Morgan fingerprint density at radius 3 is 2.19 bits per heavy atom. The third-order valence-electron chi connectivity index (χ3n) is 4.60. The molecule has 4 N–H and O–H groups in total. The number of nitrogens with one attached hydrogen (secondary N) is 4. The summed E-state index contributed by atoms with van der Waals surface area (Å²) in [5, 5.41) is 12.7. The first-order valence-electron chi connectivity index (χ1n) is 9.96. The molecule has 12 heteroatoms. The summed E-state index contributed by atoms with van der Waals surface area (Å²) >= 11 is 11.6. The van der Waals surface area contributed by atoms with Gasteiger partial charge in [-0.1, -0.05) is 0 Å². The average molecular weight is 513 g/mol. The molecule has 0 amide bonds. The zero-order valence-electron chi connectivity index (χ0n) is 18.6. The third-order valence-corrected chi connectivity index (χ3v) is 7.80. The molecular weight excluding hydrogens is 477 g/mol. The average Bonchev–Trinajstić information content (AvgIpc) is 2.74. The van der Waals surface area contributed by atoms with E-state index in [1.807, 2.05) is 0 Å². The van der Waals surface area contributed by atoms with Gasteiger partial charge in [-0.25, -0.2) is 0 Å². The molecule has 31 heavy (non-hydrogen) atoms. The number of rotatable bonds is 10. The van der Waals surface area contributed by atoms with Crippen LogP contribution < -0.4 is 21.3 Å². The van der Waals surface area contributed by atoms with Gasteiger partial charge in [0, 0.05) is 28.1 Å². The number of thioether (sulfide) groups is 2. The lowest BCUT2D eigenvalue weighted by atomic mass is 10.2. The van der Waals surface area contributed by atoms with Crippen LogP contribution in [0.25, 0.3) is 0 Å². The summed E-state index contributed by atoms with van der Waals surface area (Å²) in [5.41, 5.74) is 0. The van der Waals surface area contributed by atoms with E-state index in [0.717, 1.165) is 16.6 Å². The van der Waals surface area contributed by atoms with Crippen molar-refractivity contribution < 1.29 is 19.2 Å². The standard InChI is InChI=1S/C10H18N2O2S2.C9H18N2O2S2/c1-7(13)8-4-15-6-16-5-9(11-2)10(14)3-12-8;1-6(12)7(4-14)11-3-9(13)8(5-15)10-2/h8-9,11-12H,3-6H2,1-2H3;7-8,10-11,14-15H,3-5H2,1-2H3/t8-,9-;7-,8-/m00/s1. The zero-order chi connectivity index (χ0) is 23.8. The first-order valence-corrected chi connectivity index (χ1v) is 13.5. The van der Waals surface area contributed by atoms with Crippen LogP contribution in [0.1, 0.15) is 13.8 Å². The highest BCUT2D eigenvalue weighted by molar-refractivity contribution is 8.16. The van der Waals surface area contributed by atoms with Crippen LogP contribution in [0.2, 0.25) is 0 Å². The van der Waals surface area contributed by atoms with E-state index in [4.69, 9.17) is 0 Å². The SMILES string of the molecule is CN[C@@H](CS)C(=O)CN[C@@H](CS)C(C)=O.CN[C@H]1CSCSC[C@@H](C(C)=O)NCC1=O.